The molecule has 0 unspecified atom stereocenters. The summed E-state index contributed by atoms with van der Waals surface area (Å²) in [6, 6.07) is 11.9. The van der Waals surface area contributed by atoms with Gasteiger partial charge in [0.15, 0.2) is 0 Å². The fourth-order valence-corrected chi connectivity index (χ4v) is 4.27. The number of rotatable bonds is 6. The quantitative estimate of drug-likeness (QED) is 0.615. The van der Waals surface area contributed by atoms with E-state index in [9.17, 15) is 22.8 Å². The molecule has 196 valence electrons. The molecule has 12 heteroatoms. The minimum absolute atomic E-state index is 0.00992. The second-order valence-electron chi connectivity index (χ2n) is 8.70. The molecule has 4 rings (SSSR count). The van der Waals surface area contributed by atoms with Gasteiger partial charge in [0.05, 0.1) is 11.9 Å². The second-order valence-corrected chi connectivity index (χ2v) is 8.70. The number of aromatic nitrogens is 2. The number of aliphatic carboxylic acids is 1. The van der Waals surface area contributed by atoms with E-state index in [1.165, 1.54) is 4.68 Å². The third kappa shape index (κ3) is 7.80. The highest BCUT2D eigenvalue weighted by molar-refractivity contribution is 5.76. The molecular weight excluding hydrogens is 479 g/mol. The van der Waals surface area contributed by atoms with Crippen molar-refractivity contribution >= 4 is 17.6 Å². The molecule has 0 radical (unpaired) electrons. The van der Waals surface area contributed by atoms with Gasteiger partial charge in [0.2, 0.25) is 5.91 Å². The van der Waals surface area contributed by atoms with Gasteiger partial charge in [-0.25, -0.2) is 9.48 Å². The van der Waals surface area contributed by atoms with Crippen molar-refractivity contribution in [2.24, 2.45) is 0 Å². The van der Waals surface area contributed by atoms with E-state index in [1.807, 2.05) is 35.2 Å². The zero-order chi connectivity index (χ0) is 26.1. The molecule has 0 atom stereocenters. The molecule has 1 aliphatic carbocycles. The lowest BCUT2D eigenvalue weighted by atomic mass is 10.1. The standard InChI is InChI=1S/C22H29N5O2.C2HF3O2/c28-21-14-20(25-12-10-23-11-13-25)15-24-27(21)17-22(29)26(19-8-4-5-9-19)16-18-6-2-1-3-7-18;3-2(4,5)1(6)7/h1-3,6-7,14-15,19,23H,4-5,8-13,16-17H2;(H,6,7). The van der Waals surface area contributed by atoms with E-state index in [4.69, 9.17) is 9.90 Å². The first-order chi connectivity index (χ1) is 17.1. The van der Waals surface area contributed by atoms with Gasteiger partial charge in [0.25, 0.3) is 5.56 Å². The smallest absolute Gasteiger partial charge is 0.475 e. The number of carbonyl (C=O) groups is 2. The molecular formula is C24H30F3N5O4. The van der Waals surface area contributed by atoms with Crippen molar-refractivity contribution in [3.8, 4) is 0 Å². The zero-order valence-corrected chi connectivity index (χ0v) is 19.8. The first-order valence-corrected chi connectivity index (χ1v) is 11.8. The number of hydrogen-bond donors (Lipinski definition) is 2. The first kappa shape index (κ1) is 27.2. The van der Waals surface area contributed by atoms with Crippen molar-refractivity contribution in [3.05, 3.63) is 58.5 Å². The number of alkyl halides is 3. The van der Waals surface area contributed by atoms with Crippen LogP contribution in [-0.4, -0.2) is 70.1 Å². The van der Waals surface area contributed by atoms with E-state index in [1.54, 1.807) is 12.3 Å². The van der Waals surface area contributed by atoms with Gasteiger partial charge < -0.3 is 20.2 Å². The summed E-state index contributed by atoms with van der Waals surface area (Å²) in [4.78, 5) is 38.7. The number of piperazine rings is 1. The zero-order valence-electron chi connectivity index (χ0n) is 19.8. The van der Waals surface area contributed by atoms with Crippen LogP contribution in [0.2, 0.25) is 0 Å². The number of benzene rings is 1. The first-order valence-electron chi connectivity index (χ1n) is 11.8. The lowest BCUT2D eigenvalue weighted by Gasteiger charge is -2.30. The Balaban J connectivity index is 0.000000454. The Kier molecular flexibility index (Phi) is 9.45. The van der Waals surface area contributed by atoms with Crippen LogP contribution >= 0.6 is 0 Å². The summed E-state index contributed by atoms with van der Waals surface area (Å²) in [7, 11) is 0. The summed E-state index contributed by atoms with van der Waals surface area (Å²) in [5.74, 6) is -2.79. The van der Waals surface area contributed by atoms with E-state index in [0.717, 1.165) is 63.1 Å². The van der Waals surface area contributed by atoms with E-state index in [2.05, 4.69) is 15.3 Å². The van der Waals surface area contributed by atoms with Crippen molar-refractivity contribution in [1.82, 2.24) is 20.0 Å². The van der Waals surface area contributed by atoms with Gasteiger partial charge in [0, 0.05) is 44.8 Å². The number of halogens is 3. The maximum atomic E-state index is 13.2. The SMILES string of the molecule is O=C(Cn1ncc(N2CCNCC2)cc1=O)N(Cc1ccccc1)C1CCCC1.O=C(O)C(F)(F)F. The predicted octanol–water partition coefficient (Wildman–Crippen LogP) is 2.26. The highest BCUT2D eigenvalue weighted by atomic mass is 19.4. The molecule has 2 heterocycles. The lowest BCUT2D eigenvalue weighted by molar-refractivity contribution is -0.192. The molecule has 0 bridgehead atoms. The fraction of sp³-hybridized carbons (Fsp3) is 0.500. The van der Waals surface area contributed by atoms with Gasteiger partial charge in [-0.15, -0.1) is 0 Å². The molecule has 0 spiro atoms. The van der Waals surface area contributed by atoms with Gasteiger partial charge in [-0.3, -0.25) is 9.59 Å². The monoisotopic (exact) mass is 509 g/mol. The van der Waals surface area contributed by atoms with Gasteiger partial charge in [0.1, 0.15) is 6.54 Å². The summed E-state index contributed by atoms with van der Waals surface area (Å²) in [5, 5.41) is 14.7. The average molecular weight is 510 g/mol. The maximum absolute atomic E-state index is 13.2. The molecule has 1 saturated heterocycles. The Morgan fingerprint density at radius 3 is 2.28 bits per heavy atom. The van der Waals surface area contributed by atoms with E-state index in [0.29, 0.717) is 6.54 Å². The summed E-state index contributed by atoms with van der Waals surface area (Å²) < 4.78 is 33.0. The van der Waals surface area contributed by atoms with Gasteiger partial charge in [-0.05, 0) is 18.4 Å². The number of nitrogens with one attached hydrogen (secondary N) is 1. The molecule has 1 aliphatic heterocycles. The van der Waals surface area contributed by atoms with Crippen LogP contribution in [0, 0.1) is 0 Å². The average Bonchev–Trinajstić information content (AvgIpc) is 3.39. The molecule has 2 N–H and O–H groups in total. The van der Waals surface area contributed by atoms with Crippen molar-refractivity contribution in [2.45, 2.75) is 51.0 Å². The van der Waals surface area contributed by atoms with Crippen LogP contribution in [0.15, 0.2) is 47.4 Å². The molecule has 1 amide bonds. The summed E-state index contributed by atoms with van der Waals surface area (Å²) in [6.45, 7) is 4.09. The Bertz CT molecular complexity index is 1070. The van der Waals surface area contributed by atoms with Gasteiger partial charge >= 0.3 is 12.1 Å². The predicted molar refractivity (Wildman–Crippen MR) is 127 cm³/mol. The molecule has 2 aliphatic rings. The topological polar surface area (TPSA) is 108 Å². The number of carboxylic acids is 1. The van der Waals surface area contributed by atoms with Crippen LogP contribution in [0.3, 0.4) is 0 Å². The number of carbonyl (C=O) groups excluding carboxylic acids is 1. The van der Waals surface area contributed by atoms with Crippen LogP contribution in [-0.2, 0) is 22.7 Å². The lowest BCUT2D eigenvalue weighted by Crippen LogP contribution is -2.44. The van der Waals surface area contributed by atoms with Gasteiger partial charge in [-0.2, -0.15) is 18.3 Å². The summed E-state index contributed by atoms with van der Waals surface area (Å²) >= 11 is 0. The molecule has 2 aromatic rings. The summed E-state index contributed by atoms with van der Waals surface area (Å²) in [5.41, 5.74) is 1.72. The Hall–Kier alpha value is -3.41. The van der Waals surface area contributed by atoms with E-state index in [-0.39, 0.29) is 24.1 Å². The third-order valence-corrected chi connectivity index (χ3v) is 6.15. The minimum Gasteiger partial charge on any atom is -0.475 e. The third-order valence-electron chi connectivity index (χ3n) is 6.15. The van der Waals surface area contributed by atoms with Crippen LogP contribution in [0.4, 0.5) is 18.9 Å². The van der Waals surface area contributed by atoms with Crippen molar-refractivity contribution < 1.29 is 27.9 Å². The largest absolute Gasteiger partial charge is 0.490 e. The van der Waals surface area contributed by atoms with E-state index >= 15 is 0 Å². The number of hydrogen-bond acceptors (Lipinski definition) is 6. The molecule has 36 heavy (non-hydrogen) atoms. The Morgan fingerprint density at radius 2 is 1.72 bits per heavy atom. The maximum Gasteiger partial charge on any atom is 0.490 e. The molecule has 9 nitrogen and oxygen atoms in total. The van der Waals surface area contributed by atoms with Crippen molar-refractivity contribution in [1.29, 1.82) is 0 Å². The highest BCUT2D eigenvalue weighted by Crippen LogP contribution is 2.25. The van der Waals surface area contributed by atoms with Crippen LogP contribution in [0.25, 0.3) is 0 Å². The number of anilines is 1. The number of nitrogens with zero attached hydrogens (tertiary/aromatic N) is 4. The summed E-state index contributed by atoms with van der Waals surface area (Å²) in [6.07, 6.45) is 0.990. The Labute approximate surface area is 206 Å². The van der Waals surface area contributed by atoms with Crippen molar-refractivity contribution in [2.75, 3.05) is 31.1 Å². The van der Waals surface area contributed by atoms with Crippen molar-refractivity contribution in [3.63, 3.8) is 0 Å². The van der Waals surface area contributed by atoms with Crippen LogP contribution in [0.1, 0.15) is 31.2 Å². The molecule has 1 aromatic carbocycles. The van der Waals surface area contributed by atoms with Crippen LogP contribution in [0.5, 0.6) is 0 Å². The highest BCUT2D eigenvalue weighted by Gasteiger charge is 2.38. The normalized spacial score (nSPS) is 16.2. The second kappa shape index (κ2) is 12.5. The van der Waals surface area contributed by atoms with E-state index < -0.39 is 12.1 Å². The van der Waals surface area contributed by atoms with Gasteiger partial charge in [-0.1, -0.05) is 43.2 Å². The molecule has 2 fully saturated rings. The Morgan fingerprint density at radius 1 is 1.11 bits per heavy atom. The number of carboxylic acid groups (broad SMARTS) is 1. The van der Waals surface area contributed by atoms with Crippen LogP contribution < -0.4 is 15.8 Å². The fourth-order valence-electron chi connectivity index (χ4n) is 4.27. The molecule has 1 saturated carbocycles. The minimum atomic E-state index is -5.08. The molecule has 1 aromatic heterocycles. The number of amides is 1.